The Labute approximate surface area is 187 Å². The smallest absolute Gasteiger partial charge is 0.225 e. The van der Waals surface area contributed by atoms with Gasteiger partial charge in [0.05, 0.1) is 18.2 Å². The Hall–Kier alpha value is -1.84. The average Bonchev–Trinajstić information content (AvgIpc) is 3.19. The lowest BCUT2D eigenvalue weighted by molar-refractivity contribution is -0.121. The van der Waals surface area contributed by atoms with Crippen LogP contribution in [-0.2, 0) is 28.9 Å². The number of hydrogen-bond donors (Lipinski definition) is 2. The minimum absolute atomic E-state index is 0.122. The van der Waals surface area contributed by atoms with Crippen molar-refractivity contribution in [3.8, 4) is 0 Å². The molecule has 2 aromatic rings. The first-order valence-corrected chi connectivity index (χ1v) is 12.0. The summed E-state index contributed by atoms with van der Waals surface area (Å²) in [6.07, 6.45) is 7.89. The van der Waals surface area contributed by atoms with Crippen molar-refractivity contribution in [3.63, 3.8) is 0 Å². The molecule has 1 aromatic heterocycles. The van der Waals surface area contributed by atoms with Crippen LogP contribution in [0.3, 0.4) is 0 Å². The Morgan fingerprint density at radius 3 is 2.87 bits per heavy atom. The van der Waals surface area contributed by atoms with Crippen LogP contribution in [0.4, 0.5) is 0 Å². The quantitative estimate of drug-likeness (QED) is 0.552. The number of carbonyl (C=O) groups is 1. The molecule has 0 aliphatic heterocycles. The number of rotatable bonds is 9. The van der Waals surface area contributed by atoms with Crippen LogP contribution in [0.25, 0.3) is 0 Å². The van der Waals surface area contributed by atoms with Gasteiger partial charge in [0.1, 0.15) is 5.01 Å². The van der Waals surface area contributed by atoms with Crippen LogP contribution in [0, 0.1) is 0 Å². The molecule has 0 radical (unpaired) electrons. The third-order valence-electron chi connectivity index (χ3n) is 4.74. The molecule has 3 rings (SSSR count). The monoisotopic (exact) mass is 464 g/mol. The van der Waals surface area contributed by atoms with Gasteiger partial charge < -0.3 is 9.87 Å². The van der Waals surface area contributed by atoms with Crippen molar-refractivity contribution in [1.82, 2.24) is 15.0 Å². The molecule has 0 bridgehead atoms. The molecule has 9 heteroatoms. The molecule has 1 aliphatic rings. The number of nitrogens with one attached hydrogen (secondary N) is 2. The third-order valence-corrected chi connectivity index (χ3v) is 6.61. The highest BCUT2D eigenvalue weighted by molar-refractivity contribution is 7.77. The van der Waals surface area contributed by atoms with Crippen LogP contribution in [0.5, 0.6) is 0 Å². The number of thiazole rings is 1. The number of benzene rings is 1. The second kappa shape index (κ2) is 11.0. The molecular formula is C21H23ClN3O3S2-. The zero-order valence-corrected chi connectivity index (χ0v) is 18.9. The van der Waals surface area contributed by atoms with Gasteiger partial charge in [-0.25, -0.2) is 9.71 Å². The van der Waals surface area contributed by atoms with Crippen molar-refractivity contribution in [2.75, 3.05) is 0 Å². The minimum atomic E-state index is -2.30. The summed E-state index contributed by atoms with van der Waals surface area (Å²) in [5, 5.41) is 6.53. The summed E-state index contributed by atoms with van der Waals surface area (Å²) < 4.78 is 24.1. The van der Waals surface area contributed by atoms with E-state index < -0.39 is 11.3 Å². The fraction of sp³-hybridized carbons (Fsp3) is 0.333. The normalized spacial score (nSPS) is 18.0. The predicted molar refractivity (Wildman–Crippen MR) is 120 cm³/mol. The molecule has 2 unspecified atom stereocenters. The van der Waals surface area contributed by atoms with Gasteiger partial charge in [-0.3, -0.25) is 9.00 Å². The highest BCUT2D eigenvalue weighted by atomic mass is 35.5. The number of amides is 1. The molecular weight excluding hydrogens is 442 g/mol. The van der Waals surface area contributed by atoms with E-state index in [9.17, 15) is 13.6 Å². The van der Waals surface area contributed by atoms with Crippen molar-refractivity contribution < 1.29 is 13.6 Å². The van der Waals surface area contributed by atoms with E-state index in [0.29, 0.717) is 17.9 Å². The van der Waals surface area contributed by atoms with Gasteiger partial charge in [0, 0.05) is 27.7 Å². The molecule has 0 fully saturated rings. The average molecular weight is 465 g/mol. The summed E-state index contributed by atoms with van der Waals surface area (Å²) in [4.78, 5) is 17.4. The first-order chi connectivity index (χ1) is 14.4. The first kappa shape index (κ1) is 22.8. The molecule has 6 nitrogen and oxygen atoms in total. The van der Waals surface area contributed by atoms with E-state index in [0.717, 1.165) is 28.3 Å². The fourth-order valence-electron chi connectivity index (χ4n) is 3.17. The molecule has 160 valence electrons. The summed E-state index contributed by atoms with van der Waals surface area (Å²) in [5.41, 5.74) is 2.80. The molecule has 0 spiro atoms. The molecule has 1 heterocycles. The molecule has 1 aromatic carbocycles. The molecule has 2 N–H and O–H groups in total. The van der Waals surface area contributed by atoms with Crippen LogP contribution < -0.4 is 10.0 Å². The van der Waals surface area contributed by atoms with E-state index in [1.165, 1.54) is 11.3 Å². The van der Waals surface area contributed by atoms with E-state index in [4.69, 9.17) is 11.6 Å². The van der Waals surface area contributed by atoms with Gasteiger partial charge in [-0.2, -0.15) is 0 Å². The second-order valence-electron chi connectivity index (χ2n) is 6.96. The van der Waals surface area contributed by atoms with E-state index in [1.54, 1.807) is 6.07 Å². The van der Waals surface area contributed by atoms with Gasteiger partial charge in [0.25, 0.3) is 0 Å². The maximum Gasteiger partial charge on any atom is 0.225 e. The van der Waals surface area contributed by atoms with Crippen molar-refractivity contribution in [2.45, 2.75) is 44.7 Å². The van der Waals surface area contributed by atoms with Crippen LogP contribution in [0.1, 0.15) is 42.1 Å². The van der Waals surface area contributed by atoms with Crippen molar-refractivity contribution in [1.29, 1.82) is 0 Å². The van der Waals surface area contributed by atoms with Crippen LogP contribution >= 0.6 is 22.9 Å². The molecule has 1 aliphatic carbocycles. The van der Waals surface area contributed by atoms with Crippen LogP contribution in [0.15, 0.2) is 53.4 Å². The Morgan fingerprint density at radius 1 is 1.43 bits per heavy atom. The van der Waals surface area contributed by atoms with Crippen molar-refractivity contribution >= 4 is 40.1 Å². The first-order valence-electron chi connectivity index (χ1n) is 9.64. The summed E-state index contributed by atoms with van der Waals surface area (Å²) in [5.74, 6) is -0.122. The molecule has 1 amide bonds. The van der Waals surface area contributed by atoms with Gasteiger partial charge in [-0.05, 0) is 36.5 Å². The van der Waals surface area contributed by atoms with Gasteiger partial charge in [0.2, 0.25) is 5.91 Å². The third kappa shape index (κ3) is 6.58. The van der Waals surface area contributed by atoms with E-state index in [-0.39, 0.29) is 24.4 Å². The number of aryl methyl sites for hydroxylation is 1. The topological polar surface area (TPSA) is 94.1 Å². The maximum absolute atomic E-state index is 12.7. The van der Waals surface area contributed by atoms with Crippen LogP contribution in [0.2, 0.25) is 5.02 Å². The summed E-state index contributed by atoms with van der Waals surface area (Å²) >= 11 is 5.43. The number of allylic oxidation sites excluding steroid dienone is 1. The number of nitrogens with zero attached hydrogens (tertiary/aromatic N) is 1. The number of hydrogen-bond acceptors (Lipinski definition) is 5. The lowest BCUT2D eigenvalue weighted by atomic mass is 9.98. The van der Waals surface area contributed by atoms with Gasteiger partial charge >= 0.3 is 0 Å². The summed E-state index contributed by atoms with van der Waals surface area (Å²) in [6.45, 7) is 2.04. The number of halogens is 1. The summed E-state index contributed by atoms with van der Waals surface area (Å²) in [6, 6.07) is 6.80. The second-order valence-corrected chi connectivity index (χ2v) is 8.96. The summed E-state index contributed by atoms with van der Waals surface area (Å²) in [7, 11) is 0. The molecule has 0 saturated heterocycles. The Bertz CT molecular complexity index is 974. The zero-order chi connectivity index (χ0) is 21.5. The lowest BCUT2D eigenvalue weighted by Crippen LogP contribution is -2.31. The van der Waals surface area contributed by atoms with Crippen LogP contribution in [-0.4, -0.2) is 25.7 Å². The fourth-order valence-corrected chi connectivity index (χ4v) is 4.75. The standard InChI is InChI=1S/C21H24ClN3O3S2/c1-2-16-13-29-21(23-16)19(11-14-7-9-17(10-8-14)25-30(27)28)24-20(26)12-15-5-3-4-6-18(15)22/h3-9,13,17,19,25H,2,10-12H2,1H3,(H,24,26)(H,27,28)/p-1/t17?,19-/m0/s1. The van der Waals surface area contributed by atoms with Crippen molar-refractivity contribution in [2.24, 2.45) is 0 Å². The zero-order valence-electron chi connectivity index (χ0n) is 16.5. The van der Waals surface area contributed by atoms with Gasteiger partial charge in [0.15, 0.2) is 0 Å². The highest BCUT2D eigenvalue weighted by Crippen LogP contribution is 2.27. The number of aromatic nitrogens is 1. The largest absolute Gasteiger partial charge is 0.760 e. The Balaban J connectivity index is 1.70. The van der Waals surface area contributed by atoms with Gasteiger partial charge in [-0.1, -0.05) is 55.0 Å². The lowest BCUT2D eigenvalue weighted by Gasteiger charge is -2.22. The predicted octanol–water partition coefficient (Wildman–Crippen LogP) is 3.79. The molecule has 3 atom stereocenters. The van der Waals surface area contributed by atoms with E-state index >= 15 is 0 Å². The molecule has 30 heavy (non-hydrogen) atoms. The Kier molecular flexibility index (Phi) is 8.35. The number of carbonyl (C=O) groups excluding carboxylic acids is 1. The molecule has 0 saturated carbocycles. The maximum atomic E-state index is 12.7. The van der Waals surface area contributed by atoms with Gasteiger partial charge in [-0.15, -0.1) is 11.3 Å². The minimum Gasteiger partial charge on any atom is -0.760 e. The Morgan fingerprint density at radius 2 is 2.23 bits per heavy atom. The SMILES string of the molecule is CCc1csc([C@H](CC2=CCC(NS(=O)[O-])C=C2)NC(=O)Cc2ccccc2Cl)n1. The highest BCUT2D eigenvalue weighted by Gasteiger charge is 2.21. The van der Waals surface area contributed by atoms with E-state index in [1.807, 2.05) is 48.7 Å². The van der Waals surface area contributed by atoms with E-state index in [2.05, 4.69) is 15.0 Å². The van der Waals surface area contributed by atoms with Crippen molar-refractivity contribution in [3.05, 3.63) is 74.7 Å².